The topological polar surface area (TPSA) is 125 Å². The number of nitro groups is 2. The van der Waals surface area contributed by atoms with Crippen LogP contribution in [0, 0.1) is 20.2 Å². The van der Waals surface area contributed by atoms with Crippen LogP contribution in [0.15, 0.2) is 55.2 Å². The molecular weight excluding hydrogens is 356 g/mol. The Hall–Kier alpha value is -3.33. The van der Waals surface area contributed by atoms with Gasteiger partial charge in [-0.15, -0.1) is 0 Å². The molecule has 1 heterocycles. The monoisotopic (exact) mass is 374 g/mol. The number of hydrogen-bond acceptors (Lipinski definition) is 7. The Morgan fingerprint density at radius 3 is 2.37 bits per heavy atom. The molecule has 1 aromatic rings. The minimum atomic E-state index is -0.874. The number of benzene rings is 1. The number of allylic oxidation sites excluding steroid dienone is 4. The second kappa shape index (κ2) is 9.39. The lowest BCUT2D eigenvalue weighted by Gasteiger charge is -2.03. The molecule has 9 nitrogen and oxygen atoms in total. The summed E-state index contributed by atoms with van der Waals surface area (Å²) in [5.74, 6) is -0.874. The van der Waals surface area contributed by atoms with Crippen LogP contribution in [0.5, 0.6) is 0 Å². The fourth-order valence-electron chi connectivity index (χ4n) is 2.28. The van der Waals surface area contributed by atoms with E-state index >= 15 is 0 Å². The maximum atomic E-state index is 12.0. The average molecular weight is 374 g/mol. The molecule has 0 unspecified atom stereocenters. The van der Waals surface area contributed by atoms with Crippen molar-refractivity contribution in [2.45, 2.75) is 25.0 Å². The number of non-ortho nitro benzene ring substituents is 2. The lowest BCUT2D eigenvalue weighted by molar-refractivity contribution is -0.394. The molecule has 0 spiro atoms. The summed E-state index contributed by atoms with van der Waals surface area (Å²) in [7, 11) is 0. The Morgan fingerprint density at radius 1 is 1.11 bits per heavy atom. The Labute approximate surface area is 154 Å². The maximum absolute atomic E-state index is 12.0. The second-order valence-corrected chi connectivity index (χ2v) is 5.67. The fraction of sp³-hybridized carbons (Fsp3) is 0.278. The minimum Gasteiger partial charge on any atom is -0.459 e. The first kappa shape index (κ1) is 20.0. The van der Waals surface area contributed by atoms with Crippen LogP contribution in [0.4, 0.5) is 11.4 Å². The average Bonchev–Trinajstić information content (AvgIpc) is 3.40. The number of carbonyl (C=O) groups excluding carboxylic acids is 1. The second-order valence-electron chi connectivity index (χ2n) is 5.67. The molecule has 0 aliphatic carbocycles. The number of hydrogen-bond donors (Lipinski definition) is 0. The molecular formula is C18H18N2O7. The highest BCUT2D eigenvalue weighted by Crippen LogP contribution is 2.27. The maximum Gasteiger partial charge on any atom is 0.338 e. The zero-order valence-electron chi connectivity index (χ0n) is 14.4. The van der Waals surface area contributed by atoms with E-state index in [2.05, 4.69) is 6.58 Å². The van der Waals surface area contributed by atoms with E-state index in [-0.39, 0.29) is 24.4 Å². The lowest BCUT2D eigenvalue weighted by atomic mass is 10.1. The third kappa shape index (κ3) is 6.15. The minimum absolute atomic E-state index is 0.0236. The summed E-state index contributed by atoms with van der Waals surface area (Å²) < 4.78 is 10.4. The van der Waals surface area contributed by atoms with Crippen LogP contribution in [0.3, 0.4) is 0 Å². The third-order valence-corrected chi connectivity index (χ3v) is 3.71. The first-order chi connectivity index (χ1) is 12.9. The van der Waals surface area contributed by atoms with Crippen LogP contribution in [-0.4, -0.2) is 34.6 Å². The van der Waals surface area contributed by atoms with Gasteiger partial charge in [0.05, 0.1) is 27.6 Å². The van der Waals surface area contributed by atoms with Gasteiger partial charge in [-0.05, 0) is 12.8 Å². The van der Waals surface area contributed by atoms with Crippen LogP contribution in [0.2, 0.25) is 0 Å². The van der Waals surface area contributed by atoms with Crippen molar-refractivity contribution in [3.63, 3.8) is 0 Å². The largest absolute Gasteiger partial charge is 0.459 e. The zero-order valence-corrected chi connectivity index (χ0v) is 14.4. The molecule has 0 aromatic heterocycles. The van der Waals surface area contributed by atoms with Gasteiger partial charge in [0.15, 0.2) is 0 Å². The summed E-state index contributed by atoms with van der Waals surface area (Å²) in [4.78, 5) is 32.1. The van der Waals surface area contributed by atoms with Crippen molar-refractivity contribution in [2.75, 3.05) is 6.61 Å². The van der Waals surface area contributed by atoms with E-state index in [0.717, 1.165) is 24.6 Å². The Kier molecular flexibility index (Phi) is 6.95. The molecule has 9 heteroatoms. The molecule has 1 fully saturated rings. The number of carbonyl (C=O) groups is 1. The van der Waals surface area contributed by atoms with Crippen molar-refractivity contribution in [1.82, 2.24) is 0 Å². The van der Waals surface area contributed by atoms with Crippen LogP contribution >= 0.6 is 0 Å². The first-order valence-corrected chi connectivity index (χ1v) is 8.11. The van der Waals surface area contributed by atoms with Crippen molar-refractivity contribution < 1.29 is 24.1 Å². The van der Waals surface area contributed by atoms with Gasteiger partial charge in [0.1, 0.15) is 12.7 Å². The molecule has 0 radical (unpaired) electrons. The van der Waals surface area contributed by atoms with E-state index in [1.165, 1.54) is 0 Å². The van der Waals surface area contributed by atoms with Crippen molar-refractivity contribution >= 4 is 17.3 Å². The molecule has 2 atom stereocenters. The normalized spacial score (nSPS) is 18.5. The molecule has 1 aromatic carbocycles. The van der Waals surface area contributed by atoms with Gasteiger partial charge in [0, 0.05) is 12.1 Å². The molecule has 1 saturated heterocycles. The summed E-state index contributed by atoms with van der Waals surface area (Å²) in [6, 6.07) is 2.67. The molecule has 1 aliphatic rings. The molecule has 27 heavy (non-hydrogen) atoms. The van der Waals surface area contributed by atoms with Crippen molar-refractivity contribution in [3.05, 3.63) is 81.0 Å². The fourth-order valence-corrected chi connectivity index (χ4v) is 2.28. The molecule has 0 N–H and O–H groups in total. The summed E-state index contributed by atoms with van der Waals surface area (Å²) in [6.07, 6.45) is 10.6. The summed E-state index contributed by atoms with van der Waals surface area (Å²) >= 11 is 0. The molecule has 0 bridgehead atoms. The Bertz CT molecular complexity index is 769. The van der Waals surface area contributed by atoms with E-state index < -0.39 is 27.2 Å². The van der Waals surface area contributed by atoms with Crippen molar-refractivity contribution in [2.24, 2.45) is 0 Å². The molecule has 142 valence electrons. The van der Waals surface area contributed by atoms with Gasteiger partial charge in [0.25, 0.3) is 11.4 Å². The van der Waals surface area contributed by atoms with Gasteiger partial charge in [-0.2, -0.15) is 0 Å². The zero-order chi connectivity index (χ0) is 19.8. The number of esters is 1. The number of ether oxygens (including phenoxy) is 2. The summed E-state index contributed by atoms with van der Waals surface area (Å²) in [6.45, 7) is 3.55. The summed E-state index contributed by atoms with van der Waals surface area (Å²) in [5.41, 5.74) is -1.35. The molecule has 2 rings (SSSR count). The van der Waals surface area contributed by atoms with Gasteiger partial charge in [0.2, 0.25) is 0 Å². The SMILES string of the molecule is C=CC=CCC=CC[C@@H]1O[C@@H]1COC(=O)c1cc([N+](=O)[O-])cc([N+](=O)[O-])c1. The van der Waals surface area contributed by atoms with Gasteiger partial charge < -0.3 is 9.47 Å². The first-order valence-electron chi connectivity index (χ1n) is 8.11. The van der Waals surface area contributed by atoms with Crippen molar-refractivity contribution in [3.8, 4) is 0 Å². The van der Waals surface area contributed by atoms with E-state index in [1.54, 1.807) is 6.08 Å². The Morgan fingerprint density at radius 2 is 1.78 bits per heavy atom. The number of nitrogens with zero attached hydrogens (tertiary/aromatic N) is 2. The van der Waals surface area contributed by atoms with Crippen LogP contribution in [-0.2, 0) is 9.47 Å². The van der Waals surface area contributed by atoms with Crippen LogP contribution in [0.25, 0.3) is 0 Å². The van der Waals surface area contributed by atoms with Gasteiger partial charge >= 0.3 is 5.97 Å². The lowest BCUT2D eigenvalue weighted by Crippen LogP contribution is -2.12. The van der Waals surface area contributed by atoms with E-state index in [0.29, 0.717) is 6.42 Å². The quantitative estimate of drug-likeness (QED) is 0.153. The highest BCUT2D eigenvalue weighted by atomic mass is 16.6. The number of rotatable bonds is 10. The third-order valence-electron chi connectivity index (χ3n) is 3.71. The molecule has 1 aliphatic heterocycles. The Balaban J connectivity index is 1.84. The van der Waals surface area contributed by atoms with Gasteiger partial charge in [-0.25, -0.2) is 4.79 Å². The molecule has 0 saturated carbocycles. The molecule has 0 amide bonds. The van der Waals surface area contributed by atoms with E-state index in [4.69, 9.17) is 9.47 Å². The highest BCUT2D eigenvalue weighted by Gasteiger charge is 2.38. The van der Waals surface area contributed by atoms with Crippen LogP contribution in [0.1, 0.15) is 23.2 Å². The number of epoxide rings is 1. The highest BCUT2D eigenvalue weighted by molar-refractivity contribution is 5.91. The van der Waals surface area contributed by atoms with Gasteiger partial charge in [-0.3, -0.25) is 20.2 Å². The van der Waals surface area contributed by atoms with Crippen molar-refractivity contribution in [1.29, 1.82) is 0 Å². The van der Waals surface area contributed by atoms with E-state index in [9.17, 15) is 25.0 Å². The summed E-state index contributed by atoms with van der Waals surface area (Å²) in [5, 5.41) is 21.7. The van der Waals surface area contributed by atoms with Gasteiger partial charge in [-0.1, -0.05) is 37.0 Å². The predicted molar refractivity (Wildman–Crippen MR) is 96.4 cm³/mol. The standard InChI is InChI=1S/C18H18N2O7/c1-2-3-4-5-6-7-8-16-17(27-16)12-26-18(21)13-9-14(19(22)23)11-15(10-13)20(24)25/h2-4,6-7,9-11,16-17H,1,5,8,12H2/t16-,17+/m0/s1. The smallest absolute Gasteiger partial charge is 0.338 e. The number of nitro benzene ring substituents is 2. The predicted octanol–water partition coefficient (Wildman–Crippen LogP) is 3.51. The van der Waals surface area contributed by atoms with E-state index in [1.807, 2.05) is 24.3 Å². The van der Waals surface area contributed by atoms with Crippen LogP contribution < -0.4 is 0 Å².